The van der Waals surface area contributed by atoms with Crippen LogP contribution in [0, 0.1) is 0 Å². The van der Waals surface area contributed by atoms with Crippen molar-refractivity contribution in [1.29, 1.82) is 0 Å². The van der Waals surface area contributed by atoms with Gasteiger partial charge in [0.2, 0.25) is 0 Å². The Balaban J connectivity index is 2.14. The largest absolute Gasteiger partial charge is 0.508 e. The molecule has 0 fully saturated rings. The molecule has 0 radical (unpaired) electrons. The number of rotatable bonds is 1. The molecule has 0 aliphatic carbocycles. The monoisotopic (exact) mass is 264 g/mol. The maximum atomic E-state index is 11.8. The third-order valence-electron chi connectivity index (χ3n) is 2.53. The van der Waals surface area contributed by atoms with Gasteiger partial charge in [-0.25, -0.2) is 4.79 Å². The maximum absolute atomic E-state index is 11.8. The summed E-state index contributed by atoms with van der Waals surface area (Å²) < 4.78 is 5.11. The fraction of sp³-hybridized carbons (Fsp3) is 0.385. The van der Waals surface area contributed by atoms with Crippen LogP contribution in [0.25, 0.3) is 0 Å². The highest BCUT2D eigenvalue weighted by Crippen LogP contribution is 2.33. The summed E-state index contributed by atoms with van der Waals surface area (Å²) in [5.74, 6) is -0.302. The van der Waals surface area contributed by atoms with Crippen LogP contribution in [0.4, 0.5) is 10.5 Å². The van der Waals surface area contributed by atoms with Crippen LogP contribution in [0.15, 0.2) is 18.2 Å². The zero-order valence-corrected chi connectivity index (χ0v) is 11.0. The summed E-state index contributed by atoms with van der Waals surface area (Å²) in [4.78, 5) is 23.5. The average molecular weight is 264 g/mol. The molecule has 102 valence electrons. The number of benzene rings is 1. The molecule has 6 heteroatoms. The van der Waals surface area contributed by atoms with E-state index in [-0.39, 0.29) is 11.7 Å². The molecule has 1 atom stereocenters. The number of ether oxygens (including phenoxy) is 1. The van der Waals surface area contributed by atoms with Crippen LogP contribution in [0.1, 0.15) is 32.4 Å². The smallest absolute Gasteiger partial charge is 0.408 e. The number of carbonyl (C=O) groups excluding carboxylic acids is 2. The van der Waals surface area contributed by atoms with Gasteiger partial charge in [-0.3, -0.25) is 4.79 Å². The first kappa shape index (κ1) is 13.2. The van der Waals surface area contributed by atoms with E-state index in [0.29, 0.717) is 11.3 Å². The average Bonchev–Trinajstić information content (AvgIpc) is 2.51. The van der Waals surface area contributed by atoms with Crippen molar-refractivity contribution in [2.75, 3.05) is 5.32 Å². The Morgan fingerprint density at radius 2 is 2.11 bits per heavy atom. The molecule has 1 aromatic rings. The highest BCUT2D eigenvalue weighted by Gasteiger charge is 2.33. The van der Waals surface area contributed by atoms with E-state index in [0.717, 1.165) is 0 Å². The summed E-state index contributed by atoms with van der Waals surface area (Å²) >= 11 is 0. The van der Waals surface area contributed by atoms with Crippen molar-refractivity contribution >= 4 is 17.7 Å². The van der Waals surface area contributed by atoms with Gasteiger partial charge >= 0.3 is 6.09 Å². The Hall–Kier alpha value is -2.24. The summed E-state index contributed by atoms with van der Waals surface area (Å²) in [5.41, 5.74) is 0.469. The second kappa shape index (κ2) is 4.46. The lowest BCUT2D eigenvalue weighted by molar-refractivity contribution is -0.117. The first-order valence-corrected chi connectivity index (χ1v) is 5.89. The molecule has 1 aliphatic rings. The first-order chi connectivity index (χ1) is 8.76. The highest BCUT2D eigenvalue weighted by atomic mass is 16.6. The molecule has 0 aromatic heterocycles. The number of carbonyl (C=O) groups is 2. The van der Waals surface area contributed by atoms with Crippen LogP contribution in [0.3, 0.4) is 0 Å². The van der Waals surface area contributed by atoms with Crippen LogP contribution in [-0.4, -0.2) is 22.7 Å². The van der Waals surface area contributed by atoms with E-state index in [1.807, 2.05) is 0 Å². The topological polar surface area (TPSA) is 87.7 Å². The number of nitrogens with one attached hydrogen (secondary N) is 2. The number of hydrogen-bond acceptors (Lipinski definition) is 4. The fourth-order valence-electron chi connectivity index (χ4n) is 1.82. The summed E-state index contributed by atoms with van der Waals surface area (Å²) in [6.45, 7) is 5.23. The van der Waals surface area contributed by atoms with Crippen LogP contribution < -0.4 is 10.6 Å². The summed E-state index contributed by atoms with van der Waals surface area (Å²) in [7, 11) is 0. The van der Waals surface area contributed by atoms with Crippen molar-refractivity contribution in [1.82, 2.24) is 5.32 Å². The zero-order valence-electron chi connectivity index (χ0n) is 11.0. The van der Waals surface area contributed by atoms with Gasteiger partial charge in [0.25, 0.3) is 5.91 Å². The molecule has 0 spiro atoms. The molecule has 3 N–H and O–H groups in total. The van der Waals surface area contributed by atoms with Crippen molar-refractivity contribution in [3.63, 3.8) is 0 Å². The van der Waals surface area contributed by atoms with Crippen LogP contribution >= 0.6 is 0 Å². The Morgan fingerprint density at radius 3 is 2.74 bits per heavy atom. The van der Waals surface area contributed by atoms with E-state index in [1.54, 1.807) is 26.8 Å². The molecule has 2 amide bonds. The molecule has 0 saturated carbocycles. The number of aromatic hydroxyl groups is 1. The summed E-state index contributed by atoms with van der Waals surface area (Å²) in [6.07, 6.45) is -0.659. The van der Waals surface area contributed by atoms with Crippen molar-refractivity contribution in [3.8, 4) is 5.75 Å². The molecule has 0 saturated heterocycles. The van der Waals surface area contributed by atoms with Gasteiger partial charge in [-0.05, 0) is 26.8 Å². The number of anilines is 1. The number of fused-ring (bicyclic) bond motifs is 1. The molecule has 1 aromatic carbocycles. The second-order valence-electron chi connectivity index (χ2n) is 5.34. The lowest BCUT2D eigenvalue weighted by Crippen LogP contribution is -2.37. The van der Waals surface area contributed by atoms with E-state index in [9.17, 15) is 14.7 Å². The molecule has 6 nitrogen and oxygen atoms in total. The van der Waals surface area contributed by atoms with Gasteiger partial charge in [0.05, 0.1) is 5.69 Å². The third-order valence-corrected chi connectivity index (χ3v) is 2.53. The zero-order chi connectivity index (χ0) is 14.2. The van der Waals surface area contributed by atoms with Gasteiger partial charge in [0, 0.05) is 11.6 Å². The van der Waals surface area contributed by atoms with E-state index in [2.05, 4.69) is 10.6 Å². The van der Waals surface area contributed by atoms with Gasteiger partial charge < -0.3 is 20.5 Å². The van der Waals surface area contributed by atoms with Crippen molar-refractivity contribution in [2.24, 2.45) is 0 Å². The Morgan fingerprint density at radius 1 is 1.42 bits per heavy atom. The predicted octanol–water partition coefficient (Wildman–Crippen LogP) is 1.91. The minimum atomic E-state index is -0.801. The van der Waals surface area contributed by atoms with E-state index in [4.69, 9.17) is 4.74 Å². The number of hydrogen-bond donors (Lipinski definition) is 3. The van der Waals surface area contributed by atoms with Gasteiger partial charge in [0.15, 0.2) is 0 Å². The highest BCUT2D eigenvalue weighted by molar-refractivity contribution is 6.04. The third kappa shape index (κ3) is 2.96. The Kier molecular flexibility index (Phi) is 3.09. The van der Waals surface area contributed by atoms with Crippen molar-refractivity contribution < 1.29 is 19.4 Å². The molecule has 1 aliphatic heterocycles. The van der Waals surface area contributed by atoms with Crippen LogP contribution in [0.2, 0.25) is 0 Å². The summed E-state index contributed by atoms with van der Waals surface area (Å²) in [5, 5.41) is 14.4. The predicted molar refractivity (Wildman–Crippen MR) is 68.8 cm³/mol. The number of phenolic OH excluding ortho intramolecular Hbond substituents is 1. The lowest BCUT2D eigenvalue weighted by Gasteiger charge is -2.21. The minimum Gasteiger partial charge on any atom is -0.508 e. The maximum Gasteiger partial charge on any atom is 0.408 e. The van der Waals surface area contributed by atoms with Crippen molar-refractivity contribution in [3.05, 3.63) is 23.8 Å². The first-order valence-electron chi connectivity index (χ1n) is 5.89. The van der Waals surface area contributed by atoms with Gasteiger partial charge in [-0.2, -0.15) is 0 Å². The molecule has 0 bridgehead atoms. The molecule has 2 rings (SSSR count). The van der Waals surface area contributed by atoms with Crippen molar-refractivity contribution in [2.45, 2.75) is 32.4 Å². The minimum absolute atomic E-state index is 0.0527. The van der Waals surface area contributed by atoms with E-state index < -0.39 is 17.7 Å². The fourth-order valence-corrected chi connectivity index (χ4v) is 1.82. The number of phenols is 1. The Labute approximate surface area is 110 Å². The Bertz CT molecular complexity index is 534. The van der Waals surface area contributed by atoms with Crippen LogP contribution in [0.5, 0.6) is 5.75 Å². The SMILES string of the molecule is CC(C)(C)OC(=O)NC1C(=O)Nc2cc(O)ccc21. The number of alkyl carbamates (subject to hydrolysis) is 1. The van der Waals surface area contributed by atoms with Gasteiger partial charge in [-0.1, -0.05) is 6.07 Å². The molecule has 19 heavy (non-hydrogen) atoms. The number of amides is 2. The van der Waals surface area contributed by atoms with Gasteiger partial charge in [0.1, 0.15) is 17.4 Å². The van der Waals surface area contributed by atoms with E-state index >= 15 is 0 Å². The standard InChI is InChI=1S/C13H16N2O4/c1-13(2,3)19-12(18)15-10-8-5-4-7(16)6-9(8)14-11(10)17/h4-6,10,16H,1-3H3,(H,14,17)(H,15,18). The second-order valence-corrected chi connectivity index (χ2v) is 5.34. The molecular weight excluding hydrogens is 248 g/mol. The van der Waals surface area contributed by atoms with Crippen LogP contribution in [-0.2, 0) is 9.53 Å². The quantitative estimate of drug-likeness (QED) is 0.723. The molecular formula is C13H16N2O4. The normalized spacial score (nSPS) is 17.6. The van der Waals surface area contributed by atoms with E-state index in [1.165, 1.54) is 12.1 Å². The lowest BCUT2D eigenvalue weighted by atomic mass is 10.1. The summed E-state index contributed by atoms with van der Waals surface area (Å²) in [6, 6.07) is 3.68. The molecule has 1 heterocycles. The molecule has 1 unspecified atom stereocenters. The van der Waals surface area contributed by atoms with Gasteiger partial charge in [-0.15, -0.1) is 0 Å².